The Morgan fingerprint density at radius 3 is 2.96 bits per heavy atom. The van der Waals surface area contributed by atoms with Crippen LogP contribution in [-0.4, -0.2) is 32.5 Å². The summed E-state index contributed by atoms with van der Waals surface area (Å²) in [6.07, 6.45) is 4.17. The summed E-state index contributed by atoms with van der Waals surface area (Å²) in [5, 5.41) is 19.1. The van der Waals surface area contributed by atoms with Crippen LogP contribution in [-0.2, 0) is 6.54 Å². The van der Waals surface area contributed by atoms with Crippen molar-refractivity contribution in [3.8, 4) is 0 Å². The van der Waals surface area contributed by atoms with Gasteiger partial charge in [-0.2, -0.15) is 0 Å². The number of oxime groups is 1. The molecule has 2 aromatic heterocycles. The summed E-state index contributed by atoms with van der Waals surface area (Å²) >= 11 is 5.81. The molecular weight excluding hydrogens is 371 g/mol. The molecule has 9 heteroatoms. The molecule has 0 aliphatic heterocycles. The van der Waals surface area contributed by atoms with Crippen LogP contribution in [0.1, 0.15) is 24.2 Å². The first-order chi connectivity index (χ1) is 13.1. The molecule has 4 rings (SSSR count). The fourth-order valence-electron chi connectivity index (χ4n) is 2.81. The molecule has 0 radical (unpaired) electrons. The minimum atomic E-state index is -0.522. The van der Waals surface area contributed by atoms with Crippen LogP contribution >= 0.6 is 11.6 Å². The molecule has 4 N–H and O–H groups in total. The van der Waals surface area contributed by atoms with Crippen molar-refractivity contribution in [3.05, 3.63) is 52.7 Å². The van der Waals surface area contributed by atoms with Gasteiger partial charge in [-0.05, 0) is 49.6 Å². The number of H-pyrrole nitrogens is 1. The monoisotopic (exact) mass is 388 g/mol. The third-order valence-electron chi connectivity index (χ3n) is 4.39. The highest BCUT2D eigenvalue weighted by Gasteiger charge is 2.20. The first kappa shape index (κ1) is 17.7. The molecule has 0 unspecified atom stereocenters. The van der Waals surface area contributed by atoms with Gasteiger partial charge in [-0.1, -0.05) is 16.8 Å². The van der Waals surface area contributed by atoms with Crippen molar-refractivity contribution in [1.29, 1.82) is 0 Å². The Balaban J connectivity index is 1.58. The van der Waals surface area contributed by atoms with E-state index in [0.717, 1.165) is 18.3 Å². The summed E-state index contributed by atoms with van der Waals surface area (Å²) in [4.78, 5) is 12.0. The number of anilines is 1. The Hall–Kier alpha value is -2.71. The lowest BCUT2D eigenvalue weighted by molar-refractivity contribution is 0.319. The fourth-order valence-corrected chi connectivity index (χ4v) is 2.99. The largest absolute Gasteiger partial charge is 0.409 e. The third kappa shape index (κ3) is 4.01. The van der Waals surface area contributed by atoms with Crippen molar-refractivity contribution in [2.24, 2.45) is 11.1 Å². The topological polar surface area (TPSA) is 98.2 Å². The maximum Gasteiger partial charge on any atom is 0.179 e. The lowest BCUT2D eigenvalue weighted by Crippen LogP contribution is -2.17. The van der Waals surface area contributed by atoms with Crippen LogP contribution in [0.3, 0.4) is 0 Å². The highest BCUT2D eigenvalue weighted by Crippen LogP contribution is 2.27. The lowest BCUT2D eigenvalue weighted by Gasteiger charge is -2.09. The molecule has 2 heterocycles. The van der Waals surface area contributed by atoms with Gasteiger partial charge >= 0.3 is 0 Å². The second-order valence-electron chi connectivity index (χ2n) is 6.52. The predicted molar refractivity (Wildman–Crippen MR) is 102 cm³/mol. The van der Waals surface area contributed by atoms with Gasteiger partial charge in [0.25, 0.3) is 0 Å². The maximum atomic E-state index is 13.3. The highest BCUT2D eigenvalue weighted by molar-refractivity contribution is 6.31. The molecule has 1 aliphatic carbocycles. The zero-order valence-electron chi connectivity index (χ0n) is 14.3. The van der Waals surface area contributed by atoms with Gasteiger partial charge in [0.05, 0.1) is 17.1 Å². The Morgan fingerprint density at radius 2 is 2.22 bits per heavy atom. The summed E-state index contributed by atoms with van der Waals surface area (Å²) < 4.78 is 13.3. The van der Waals surface area contributed by atoms with Gasteiger partial charge in [0.15, 0.2) is 11.5 Å². The van der Waals surface area contributed by atoms with E-state index in [0.29, 0.717) is 29.0 Å². The smallest absolute Gasteiger partial charge is 0.179 e. The molecule has 0 saturated heterocycles. The van der Waals surface area contributed by atoms with E-state index >= 15 is 0 Å². The van der Waals surface area contributed by atoms with Crippen molar-refractivity contribution < 1.29 is 9.60 Å². The molecule has 3 aromatic rings. The molecular formula is C18H18ClFN6O. The summed E-state index contributed by atoms with van der Waals surface area (Å²) in [7, 11) is 0. The van der Waals surface area contributed by atoms with Crippen LogP contribution in [0.15, 0.2) is 35.6 Å². The van der Waals surface area contributed by atoms with Gasteiger partial charge in [-0.15, -0.1) is 0 Å². The second kappa shape index (κ2) is 7.50. The quantitative estimate of drug-likeness (QED) is 0.224. The number of rotatable bonds is 6. The Morgan fingerprint density at radius 1 is 1.37 bits per heavy atom. The number of hydrogen-bond donors (Lipinski definition) is 4. The zero-order chi connectivity index (χ0) is 18.8. The van der Waals surface area contributed by atoms with Gasteiger partial charge in [-0.3, -0.25) is 0 Å². The Bertz CT molecular complexity index is 1000. The molecule has 1 aromatic carbocycles. The van der Waals surface area contributed by atoms with E-state index in [1.807, 2.05) is 0 Å². The molecule has 0 bridgehead atoms. The normalized spacial score (nSPS) is 14.7. The van der Waals surface area contributed by atoms with Crippen LogP contribution < -0.4 is 10.6 Å². The average Bonchev–Trinajstić information content (AvgIpc) is 3.39. The SMILES string of the molecule is ON=C(Nc1ccc(F)c(Cl)c1)c1ccnc2[nH]c(CNCC3CC3)nc12. The number of pyridine rings is 1. The van der Waals surface area contributed by atoms with Crippen LogP contribution in [0.4, 0.5) is 10.1 Å². The predicted octanol–water partition coefficient (Wildman–Crippen LogP) is 3.50. The fraction of sp³-hybridized carbons (Fsp3) is 0.278. The zero-order valence-corrected chi connectivity index (χ0v) is 15.1. The van der Waals surface area contributed by atoms with Gasteiger partial charge in [0.1, 0.15) is 17.2 Å². The first-order valence-corrected chi connectivity index (χ1v) is 9.00. The van der Waals surface area contributed by atoms with Crippen LogP contribution in [0.2, 0.25) is 5.02 Å². The molecule has 1 fully saturated rings. The number of aromatic nitrogens is 3. The van der Waals surface area contributed by atoms with Gasteiger partial charge in [0.2, 0.25) is 0 Å². The van der Waals surface area contributed by atoms with Gasteiger partial charge in [0, 0.05) is 11.9 Å². The molecule has 0 atom stereocenters. The lowest BCUT2D eigenvalue weighted by atomic mass is 10.2. The number of halogens is 2. The molecule has 140 valence electrons. The first-order valence-electron chi connectivity index (χ1n) is 8.63. The summed E-state index contributed by atoms with van der Waals surface area (Å²) in [5.74, 6) is 1.18. The number of amidine groups is 1. The van der Waals surface area contributed by atoms with E-state index in [1.165, 1.54) is 31.0 Å². The van der Waals surface area contributed by atoms with E-state index in [2.05, 4.69) is 30.7 Å². The number of nitrogens with zero attached hydrogens (tertiary/aromatic N) is 3. The van der Waals surface area contributed by atoms with Gasteiger partial charge in [-0.25, -0.2) is 14.4 Å². The Labute approximate surface area is 159 Å². The molecule has 27 heavy (non-hydrogen) atoms. The summed E-state index contributed by atoms with van der Waals surface area (Å²) in [6.45, 7) is 1.59. The van der Waals surface area contributed by atoms with E-state index in [4.69, 9.17) is 11.6 Å². The van der Waals surface area contributed by atoms with Crippen LogP contribution in [0, 0.1) is 11.7 Å². The molecule has 7 nitrogen and oxygen atoms in total. The number of fused-ring (bicyclic) bond motifs is 1. The van der Waals surface area contributed by atoms with E-state index < -0.39 is 5.82 Å². The summed E-state index contributed by atoms with van der Waals surface area (Å²) in [5.41, 5.74) is 2.22. The van der Waals surface area contributed by atoms with Crippen molar-refractivity contribution in [3.63, 3.8) is 0 Å². The van der Waals surface area contributed by atoms with Crippen molar-refractivity contribution in [1.82, 2.24) is 20.3 Å². The average molecular weight is 389 g/mol. The highest BCUT2D eigenvalue weighted by atomic mass is 35.5. The number of aromatic amines is 1. The molecule has 0 spiro atoms. The number of hydrogen-bond acceptors (Lipinski definition) is 5. The minimum Gasteiger partial charge on any atom is -0.409 e. The van der Waals surface area contributed by atoms with Crippen molar-refractivity contribution in [2.75, 3.05) is 11.9 Å². The van der Waals surface area contributed by atoms with Crippen LogP contribution in [0.5, 0.6) is 0 Å². The van der Waals surface area contributed by atoms with Crippen LogP contribution in [0.25, 0.3) is 11.2 Å². The van der Waals surface area contributed by atoms with E-state index in [-0.39, 0.29) is 10.9 Å². The Kier molecular flexibility index (Phi) is 4.91. The maximum absolute atomic E-state index is 13.3. The van der Waals surface area contributed by atoms with Gasteiger partial charge < -0.3 is 20.8 Å². The third-order valence-corrected chi connectivity index (χ3v) is 4.68. The van der Waals surface area contributed by atoms with E-state index in [9.17, 15) is 9.60 Å². The minimum absolute atomic E-state index is 0.0269. The number of benzene rings is 1. The standard InChI is InChI=1S/C18H18ClFN6O/c19-13-7-11(3-4-14(13)20)23-17(26-27)12-5-6-22-18-16(12)24-15(25-18)9-21-8-10-1-2-10/h3-7,10,21,27H,1-2,8-9H2,(H,23,26)(H,22,24,25). The number of imidazole rings is 1. The van der Waals surface area contributed by atoms with Crippen molar-refractivity contribution in [2.45, 2.75) is 19.4 Å². The second-order valence-corrected chi connectivity index (χ2v) is 6.92. The van der Waals surface area contributed by atoms with E-state index in [1.54, 1.807) is 12.3 Å². The van der Waals surface area contributed by atoms with Crippen molar-refractivity contribution >= 4 is 34.3 Å². The number of nitrogens with one attached hydrogen (secondary N) is 3. The summed E-state index contributed by atoms with van der Waals surface area (Å²) in [6, 6.07) is 5.85. The molecule has 1 aliphatic rings. The molecule has 1 saturated carbocycles. The molecule has 0 amide bonds.